The summed E-state index contributed by atoms with van der Waals surface area (Å²) >= 11 is 0. The Morgan fingerprint density at radius 1 is 1.00 bits per heavy atom. The van der Waals surface area contributed by atoms with Gasteiger partial charge in [0, 0.05) is 13.1 Å². The summed E-state index contributed by atoms with van der Waals surface area (Å²) in [4.78, 5) is 14.4. The van der Waals surface area contributed by atoms with E-state index in [9.17, 15) is 9.18 Å². The lowest BCUT2D eigenvalue weighted by Crippen LogP contribution is -2.33. The summed E-state index contributed by atoms with van der Waals surface area (Å²) in [7, 11) is 0. The first-order valence-electron chi connectivity index (χ1n) is 8.49. The Morgan fingerprint density at radius 3 is 2.38 bits per heavy atom. The van der Waals surface area contributed by atoms with Crippen LogP contribution in [0.15, 0.2) is 40.8 Å². The van der Waals surface area contributed by atoms with E-state index in [1.807, 2.05) is 4.90 Å². The van der Waals surface area contributed by atoms with Crippen molar-refractivity contribution >= 4 is 5.91 Å². The van der Waals surface area contributed by atoms with Gasteiger partial charge in [0.2, 0.25) is 0 Å². The molecule has 1 saturated heterocycles. The molecule has 1 aromatic carbocycles. The highest BCUT2D eigenvalue weighted by atomic mass is 19.1. The van der Waals surface area contributed by atoms with E-state index in [0.29, 0.717) is 17.3 Å². The fourth-order valence-corrected chi connectivity index (χ4v) is 2.86. The van der Waals surface area contributed by atoms with Gasteiger partial charge < -0.3 is 14.1 Å². The summed E-state index contributed by atoms with van der Waals surface area (Å²) in [6.07, 6.45) is 5.71. The van der Waals surface area contributed by atoms with Crippen molar-refractivity contribution in [3.63, 3.8) is 0 Å². The van der Waals surface area contributed by atoms with E-state index in [4.69, 9.17) is 9.15 Å². The highest BCUT2D eigenvalue weighted by molar-refractivity contribution is 5.91. The molecule has 1 fully saturated rings. The predicted octanol–water partition coefficient (Wildman–Crippen LogP) is 4.40. The van der Waals surface area contributed by atoms with Crippen LogP contribution in [0, 0.1) is 5.82 Å². The molecular formula is C19H22FNO3. The number of benzene rings is 1. The van der Waals surface area contributed by atoms with Crippen molar-refractivity contribution in [3.8, 4) is 5.75 Å². The maximum absolute atomic E-state index is 12.9. The monoisotopic (exact) mass is 331 g/mol. The van der Waals surface area contributed by atoms with Crippen LogP contribution in [0.1, 0.15) is 48.4 Å². The van der Waals surface area contributed by atoms with Gasteiger partial charge in [-0.3, -0.25) is 4.79 Å². The quantitative estimate of drug-likeness (QED) is 0.834. The van der Waals surface area contributed by atoms with Gasteiger partial charge in [-0.05, 0) is 49.2 Å². The summed E-state index contributed by atoms with van der Waals surface area (Å²) in [6.45, 7) is 1.79. The number of amides is 1. The lowest BCUT2D eigenvalue weighted by Gasteiger charge is -2.23. The third-order valence-corrected chi connectivity index (χ3v) is 4.21. The number of carbonyl (C=O) groups excluding carboxylic acids is 1. The van der Waals surface area contributed by atoms with E-state index in [2.05, 4.69) is 0 Å². The highest BCUT2D eigenvalue weighted by Crippen LogP contribution is 2.18. The number of nitrogens with zero attached hydrogens (tertiary/aromatic N) is 1. The number of hydrogen-bond donors (Lipinski definition) is 0. The lowest BCUT2D eigenvalue weighted by molar-refractivity contribution is 0.0706. The molecule has 3 rings (SSSR count). The number of rotatable bonds is 4. The third-order valence-electron chi connectivity index (χ3n) is 4.21. The molecule has 2 aromatic rings. The van der Waals surface area contributed by atoms with Crippen LogP contribution >= 0.6 is 0 Å². The second-order valence-corrected chi connectivity index (χ2v) is 6.07. The van der Waals surface area contributed by atoms with Gasteiger partial charge in [0.1, 0.15) is 23.9 Å². The highest BCUT2D eigenvalue weighted by Gasteiger charge is 2.20. The number of halogens is 1. The fraction of sp³-hybridized carbons (Fsp3) is 0.421. The van der Waals surface area contributed by atoms with Crippen molar-refractivity contribution < 1.29 is 18.3 Å². The summed E-state index contributed by atoms with van der Waals surface area (Å²) in [5.41, 5.74) is 0. The van der Waals surface area contributed by atoms with Gasteiger partial charge in [0.15, 0.2) is 5.76 Å². The molecule has 0 aliphatic carbocycles. The number of likely N-dealkylation sites (tertiary alicyclic amines) is 1. The Bertz CT molecular complexity index is 658. The smallest absolute Gasteiger partial charge is 0.289 e. The normalized spacial score (nSPS) is 15.6. The Morgan fingerprint density at radius 2 is 1.67 bits per heavy atom. The van der Waals surface area contributed by atoms with Crippen molar-refractivity contribution in [2.45, 2.75) is 38.7 Å². The minimum atomic E-state index is -0.304. The van der Waals surface area contributed by atoms with Crippen LogP contribution in [0.4, 0.5) is 4.39 Å². The van der Waals surface area contributed by atoms with Crippen molar-refractivity contribution in [2.75, 3.05) is 13.1 Å². The second kappa shape index (κ2) is 7.99. The second-order valence-electron chi connectivity index (χ2n) is 6.07. The minimum Gasteiger partial charge on any atom is -0.486 e. The molecule has 24 heavy (non-hydrogen) atoms. The topological polar surface area (TPSA) is 42.7 Å². The van der Waals surface area contributed by atoms with Crippen LogP contribution in [0.2, 0.25) is 0 Å². The summed E-state index contributed by atoms with van der Waals surface area (Å²) in [5, 5.41) is 0. The lowest BCUT2D eigenvalue weighted by atomic mass is 10.1. The van der Waals surface area contributed by atoms with Crippen LogP contribution < -0.4 is 4.74 Å². The average Bonchev–Trinajstić information content (AvgIpc) is 3.02. The zero-order valence-electron chi connectivity index (χ0n) is 13.7. The Balaban J connectivity index is 1.57. The van der Waals surface area contributed by atoms with E-state index in [1.165, 1.54) is 31.4 Å². The zero-order valence-corrected chi connectivity index (χ0v) is 13.7. The van der Waals surface area contributed by atoms with Crippen molar-refractivity contribution in [1.82, 2.24) is 4.90 Å². The molecule has 4 nitrogen and oxygen atoms in total. The van der Waals surface area contributed by atoms with E-state index in [1.54, 1.807) is 24.3 Å². The SMILES string of the molecule is O=C(c1ccc(COc2ccc(F)cc2)o1)N1CCCCCCC1. The standard InChI is InChI=1S/C19H22FNO3/c20-15-6-8-16(9-7-15)23-14-17-10-11-18(24-17)19(22)21-12-4-2-1-3-5-13-21/h6-11H,1-5,12-14H2. The number of furan rings is 1. The Labute approximate surface area is 141 Å². The molecule has 0 N–H and O–H groups in total. The van der Waals surface area contributed by atoms with E-state index >= 15 is 0 Å². The van der Waals surface area contributed by atoms with E-state index in [-0.39, 0.29) is 18.3 Å². The molecular weight excluding hydrogens is 309 g/mol. The molecule has 1 aliphatic rings. The fourth-order valence-electron chi connectivity index (χ4n) is 2.86. The predicted molar refractivity (Wildman–Crippen MR) is 88.4 cm³/mol. The molecule has 2 heterocycles. The van der Waals surface area contributed by atoms with Gasteiger partial charge in [-0.15, -0.1) is 0 Å². The molecule has 0 atom stereocenters. The molecule has 0 unspecified atom stereocenters. The van der Waals surface area contributed by atoms with Gasteiger partial charge in [-0.25, -0.2) is 4.39 Å². The first kappa shape index (κ1) is 16.6. The van der Waals surface area contributed by atoms with Crippen molar-refractivity contribution in [3.05, 3.63) is 53.7 Å². The molecule has 0 spiro atoms. The van der Waals surface area contributed by atoms with Gasteiger partial charge in [0.05, 0.1) is 0 Å². The number of ether oxygens (including phenoxy) is 1. The molecule has 1 aliphatic heterocycles. The van der Waals surface area contributed by atoms with Gasteiger partial charge >= 0.3 is 0 Å². The summed E-state index contributed by atoms with van der Waals surface area (Å²) in [6, 6.07) is 9.25. The maximum Gasteiger partial charge on any atom is 0.289 e. The summed E-state index contributed by atoms with van der Waals surface area (Å²) < 4.78 is 24.0. The van der Waals surface area contributed by atoms with Gasteiger partial charge in [-0.1, -0.05) is 19.3 Å². The van der Waals surface area contributed by atoms with Crippen LogP contribution in [0.3, 0.4) is 0 Å². The molecule has 0 bridgehead atoms. The molecule has 0 saturated carbocycles. The molecule has 0 radical (unpaired) electrons. The average molecular weight is 331 g/mol. The van der Waals surface area contributed by atoms with Crippen molar-refractivity contribution in [2.24, 2.45) is 0 Å². The first-order valence-corrected chi connectivity index (χ1v) is 8.49. The number of carbonyl (C=O) groups is 1. The number of hydrogen-bond acceptors (Lipinski definition) is 3. The van der Waals surface area contributed by atoms with E-state index in [0.717, 1.165) is 25.9 Å². The Hall–Kier alpha value is -2.30. The van der Waals surface area contributed by atoms with Crippen molar-refractivity contribution in [1.29, 1.82) is 0 Å². The van der Waals surface area contributed by atoms with E-state index < -0.39 is 0 Å². The zero-order chi connectivity index (χ0) is 16.8. The largest absolute Gasteiger partial charge is 0.486 e. The van der Waals surface area contributed by atoms with Crippen LogP contribution in [0.5, 0.6) is 5.75 Å². The van der Waals surface area contributed by atoms with Crippen LogP contribution in [-0.2, 0) is 6.61 Å². The third kappa shape index (κ3) is 4.37. The van der Waals surface area contributed by atoms with Gasteiger partial charge in [-0.2, -0.15) is 0 Å². The van der Waals surface area contributed by atoms with Gasteiger partial charge in [0.25, 0.3) is 5.91 Å². The summed E-state index contributed by atoms with van der Waals surface area (Å²) in [5.74, 6) is 1.14. The first-order chi connectivity index (χ1) is 11.7. The molecule has 128 valence electrons. The Kier molecular flexibility index (Phi) is 5.51. The molecule has 5 heteroatoms. The molecule has 1 aromatic heterocycles. The minimum absolute atomic E-state index is 0.0510. The van der Waals surface area contributed by atoms with Crippen LogP contribution in [0.25, 0.3) is 0 Å². The van der Waals surface area contributed by atoms with Crippen LogP contribution in [-0.4, -0.2) is 23.9 Å². The maximum atomic E-state index is 12.9. The molecule has 1 amide bonds.